The van der Waals surface area contributed by atoms with Gasteiger partial charge in [-0.2, -0.15) is 0 Å². The summed E-state index contributed by atoms with van der Waals surface area (Å²) >= 11 is 0. The Morgan fingerprint density at radius 1 is 1.04 bits per heavy atom. The van der Waals surface area contributed by atoms with Crippen LogP contribution in [0.5, 0.6) is 0 Å². The third-order valence-electron chi connectivity index (χ3n) is 3.16. The number of methoxy groups -OCH3 is 3. The summed E-state index contributed by atoms with van der Waals surface area (Å²) < 4.78 is 13.7. The maximum Gasteiger partial charge on any atom is 0.329 e. The monoisotopic (exact) mass is 338 g/mol. The fourth-order valence-electron chi connectivity index (χ4n) is 1.91. The molecule has 1 N–H and O–H groups in total. The maximum absolute atomic E-state index is 12.2. The van der Waals surface area contributed by atoms with E-state index in [-0.39, 0.29) is 5.69 Å². The number of hydrogen-bond donors (Lipinski definition) is 1. The van der Waals surface area contributed by atoms with Crippen molar-refractivity contribution in [3.8, 4) is 0 Å². The van der Waals surface area contributed by atoms with E-state index < -0.39 is 42.2 Å². The van der Waals surface area contributed by atoms with E-state index in [2.05, 4.69) is 24.5 Å². The van der Waals surface area contributed by atoms with Crippen LogP contribution in [0.1, 0.15) is 16.9 Å². The molecule has 0 spiro atoms. The lowest BCUT2D eigenvalue weighted by molar-refractivity contribution is -0.158. The molecular weight excluding hydrogens is 320 g/mol. The Hall–Kier alpha value is -2.97. The second kappa shape index (κ2) is 9.23. The van der Waals surface area contributed by atoms with E-state index in [1.807, 2.05) is 0 Å². The van der Waals surface area contributed by atoms with Gasteiger partial charge in [0.05, 0.1) is 33.7 Å². The molecule has 24 heavy (non-hydrogen) atoms. The van der Waals surface area contributed by atoms with Gasteiger partial charge in [0.15, 0.2) is 0 Å². The van der Waals surface area contributed by atoms with E-state index >= 15 is 0 Å². The number of carbonyl (C=O) groups is 4. The van der Waals surface area contributed by atoms with Gasteiger partial charge >= 0.3 is 17.9 Å². The van der Waals surface area contributed by atoms with E-state index in [9.17, 15) is 19.2 Å². The Labute approximate surface area is 138 Å². The minimum atomic E-state index is -1.43. The number of esters is 3. The van der Waals surface area contributed by atoms with Gasteiger partial charge in [-0.25, -0.2) is 4.79 Å². The molecule has 9 heteroatoms. The van der Waals surface area contributed by atoms with Crippen LogP contribution in [0.3, 0.4) is 0 Å². The Kier molecular flexibility index (Phi) is 7.34. The van der Waals surface area contributed by atoms with Crippen LogP contribution in [0, 0.1) is 5.92 Å². The summed E-state index contributed by atoms with van der Waals surface area (Å²) in [5.74, 6) is -4.52. The molecule has 0 aliphatic heterocycles. The van der Waals surface area contributed by atoms with Crippen molar-refractivity contribution in [1.82, 2.24) is 10.3 Å². The van der Waals surface area contributed by atoms with Crippen LogP contribution >= 0.6 is 0 Å². The quantitative estimate of drug-likeness (QED) is 0.531. The first kappa shape index (κ1) is 19.1. The van der Waals surface area contributed by atoms with E-state index in [1.165, 1.54) is 12.3 Å². The molecule has 9 nitrogen and oxygen atoms in total. The van der Waals surface area contributed by atoms with Crippen molar-refractivity contribution >= 4 is 23.8 Å². The third-order valence-corrected chi connectivity index (χ3v) is 3.16. The molecular formula is C15H18N2O7. The average Bonchev–Trinajstić information content (AvgIpc) is 2.63. The van der Waals surface area contributed by atoms with Crippen LogP contribution in [0.2, 0.25) is 0 Å². The first-order valence-corrected chi connectivity index (χ1v) is 6.89. The molecule has 0 aliphatic rings. The Balaban J connectivity index is 3.07. The van der Waals surface area contributed by atoms with Crippen molar-refractivity contribution < 1.29 is 33.4 Å². The SMILES string of the molecule is COC(=O)C[C@H](C(=O)OC)[C@H](NC(=O)c1ccccn1)C(=O)OC. The molecule has 1 aromatic rings. The Morgan fingerprint density at radius 3 is 2.21 bits per heavy atom. The van der Waals surface area contributed by atoms with Gasteiger partial charge in [0.1, 0.15) is 11.7 Å². The number of carbonyl (C=O) groups excluding carboxylic acids is 4. The first-order valence-electron chi connectivity index (χ1n) is 6.89. The lowest BCUT2D eigenvalue weighted by Gasteiger charge is -2.23. The molecule has 0 saturated heterocycles. The van der Waals surface area contributed by atoms with Crippen LogP contribution in [0.4, 0.5) is 0 Å². The number of nitrogens with one attached hydrogen (secondary N) is 1. The predicted octanol–water partition coefficient (Wildman–Crippen LogP) is -0.295. The number of rotatable bonds is 7. The second-order valence-corrected chi connectivity index (χ2v) is 4.60. The van der Waals surface area contributed by atoms with Crippen molar-refractivity contribution in [3.05, 3.63) is 30.1 Å². The number of hydrogen-bond acceptors (Lipinski definition) is 8. The fourth-order valence-corrected chi connectivity index (χ4v) is 1.91. The highest BCUT2D eigenvalue weighted by atomic mass is 16.5. The van der Waals surface area contributed by atoms with Crippen molar-refractivity contribution in [2.75, 3.05) is 21.3 Å². The maximum atomic E-state index is 12.2. The lowest BCUT2D eigenvalue weighted by atomic mass is 9.95. The standard InChI is InChI=1S/C15H18N2O7/c1-22-11(18)8-9(14(20)23-2)12(15(21)24-3)17-13(19)10-6-4-5-7-16-10/h4-7,9,12H,8H2,1-3H3,(H,17,19)/t9-,12-/m0/s1. The van der Waals surface area contributed by atoms with E-state index in [4.69, 9.17) is 0 Å². The van der Waals surface area contributed by atoms with Gasteiger partial charge in [-0.15, -0.1) is 0 Å². The minimum absolute atomic E-state index is 0.0353. The normalized spacial score (nSPS) is 12.5. The Bertz CT molecular complexity index is 603. The van der Waals surface area contributed by atoms with Crippen LogP contribution in [0.15, 0.2) is 24.4 Å². The third kappa shape index (κ3) is 5.04. The van der Waals surface area contributed by atoms with Gasteiger partial charge in [0.25, 0.3) is 5.91 Å². The zero-order chi connectivity index (χ0) is 18.1. The highest BCUT2D eigenvalue weighted by Gasteiger charge is 2.38. The van der Waals surface area contributed by atoms with Crippen LogP contribution in [-0.2, 0) is 28.6 Å². The van der Waals surface area contributed by atoms with Crippen LogP contribution in [0.25, 0.3) is 0 Å². The molecule has 0 radical (unpaired) electrons. The Morgan fingerprint density at radius 2 is 1.71 bits per heavy atom. The van der Waals surface area contributed by atoms with Gasteiger partial charge in [0.2, 0.25) is 0 Å². The van der Waals surface area contributed by atoms with Gasteiger partial charge in [-0.05, 0) is 12.1 Å². The smallest absolute Gasteiger partial charge is 0.329 e. The average molecular weight is 338 g/mol. The van der Waals surface area contributed by atoms with E-state index in [0.717, 1.165) is 21.3 Å². The molecule has 1 aromatic heterocycles. The molecule has 0 saturated carbocycles. The highest BCUT2D eigenvalue weighted by molar-refractivity contribution is 5.97. The molecule has 0 unspecified atom stereocenters. The first-order chi connectivity index (χ1) is 11.4. The van der Waals surface area contributed by atoms with E-state index in [0.29, 0.717) is 0 Å². The number of ether oxygens (including phenoxy) is 3. The second-order valence-electron chi connectivity index (χ2n) is 4.60. The molecule has 0 aromatic carbocycles. The minimum Gasteiger partial charge on any atom is -0.469 e. The number of nitrogens with zero attached hydrogens (tertiary/aromatic N) is 1. The summed E-state index contributed by atoms with van der Waals surface area (Å²) in [4.78, 5) is 51.5. The molecule has 0 fully saturated rings. The van der Waals surface area contributed by atoms with Gasteiger partial charge in [0, 0.05) is 6.20 Å². The molecule has 130 valence electrons. The zero-order valence-electron chi connectivity index (χ0n) is 13.5. The summed E-state index contributed by atoms with van der Waals surface area (Å²) in [6, 6.07) is 3.19. The number of aromatic nitrogens is 1. The van der Waals surface area contributed by atoms with Crippen LogP contribution in [-0.4, -0.2) is 56.2 Å². The summed E-state index contributed by atoms with van der Waals surface area (Å²) in [5, 5.41) is 2.34. The molecule has 1 heterocycles. The fraction of sp³-hybridized carbons (Fsp3) is 0.400. The molecule has 0 bridgehead atoms. The van der Waals surface area contributed by atoms with Gasteiger partial charge in [-0.3, -0.25) is 19.4 Å². The molecule has 1 amide bonds. The largest absolute Gasteiger partial charge is 0.469 e. The topological polar surface area (TPSA) is 121 Å². The van der Waals surface area contributed by atoms with Gasteiger partial charge in [-0.1, -0.05) is 6.07 Å². The summed E-state index contributed by atoms with van der Waals surface area (Å²) in [5.41, 5.74) is 0.0353. The van der Waals surface area contributed by atoms with Crippen molar-refractivity contribution in [2.24, 2.45) is 5.92 Å². The van der Waals surface area contributed by atoms with Crippen molar-refractivity contribution in [2.45, 2.75) is 12.5 Å². The molecule has 0 aliphatic carbocycles. The molecule has 1 rings (SSSR count). The zero-order valence-corrected chi connectivity index (χ0v) is 13.5. The number of pyridine rings is 1. The number of amides is 1. The predicted molar refractivity (Wildman–Crippen MR) is 79.6 cm³/mol. The highest BCUT2D eigenvalue weighted by Crippen LogP contribution is 2.15. The molecule has 2 atom stereocenters. The van der Waals surface area contributed by atoms with Crippen molar-refractivity contribution in [1.29, 1.82) is 0 Å². The van der Waals surface area contributed by atoms with Crippen molar-refractivity contribution in [3.63, 3.8) is 0 Å². The summed E-state index contributed by atoms with van der Waals surface area (Å²) in [6.45, 7) is 0. The lowest BCUT2D eigenvalue weighted by Crippen LogP contribution is -2.50. The van der Waals surface area contributed by atoms with Crippen LogP contribution < -0.4 is 5.32 Å². The van der Waals surface area contributed by atoms with Gasteiger partial charge < -0.3 is 19.5 Å². The summed E-state index contributed by atoms with van der Waals surface area (Å²) in [7, 11) is 3.33. The summed E-state index contributed by atoms with van der Waals surface area (Å²) in [6.07, 6.45) is 0.930. The van der Waals surface area contributed by atoms with E-state index in [1.54, 1.807) is 12.1 Å².